The van der Waals surface area contributed by atoms with E-state index < -0.39 is 11.8 Å². The molecule has 0 saturated carbocycles. The number of hydrogen-bond acceptors (Lipinski definition) is 4. The number of para-hydroxylation sites is 1. The first kappa shape index (κ1) is 25.2. The molecule has 6 heteroatoms. The molecule has 0 radical (unpaired) electrons. The lowest BCUT2D eigenvalue weighted by atomic mass is 9.92. The average Bonchev–Trinajstić information content (AvgIpc) is 2.89. The van der Waals surface area contributed by atoms with Crippen LogP contribution in [-0.4, -0.2) is 36.3 Å². The molecule has 0 aliphatic carbocycles. The minimum atomic E-state index is -0.994. The number of piperidine rings is 1. The minimum Gasteiger partial charge on any atom is -0.414 e. The highest BCUT2D eigenvalue weighted by Gasteiger charge is 2.37. The zero-order valence-corrected chi connectivity index (χ0v) is 19.8. The van der Waals surface area contributed by atoms with E-state index in [1.54, 1.807) is 48.5 Å². The molecule has 1 saturated heterocycles. The molecule has 0 bridgehead atoms. The van der Waals surface area contributed by atoms with Crippen LogP contribution in [0.3, 0.4) is 0 Å². The zero-order valence-electron chi connectivity index (χ0n) is 19.8. The zero-order chi connectivity index (χ0) is 25.4. The van der Waals surface area contributed by atoms with E-state index in [0.717, 1.165) is 29.7 Å². The number of ether oxygens (including phenoxy) is 2. The largest absolute Gasteiger partial charge is 0.515 e. The molecule has 4 rings (SSSR count). The van der Waals surface area contributed by atoms with Gasteiger partial charge >= 0.3 is 6.16 Å². The van der Waals surface area contributed by atoms with Crippen molar-refractivity contribution in [3.8, 4) is 18.1 Å². The number of halogens is 2. The average molecular weight is 488 g/mol. The number of nitrogens with zero attached hydrogens (tertiary/aromatic N) is 1. The van der Waals surface area contributed by atoms with E-state index >= 15 is 0 Å². The maximum atomic E-state index is 13.5. The Labute approximate surface area is 210 Å². The Morgan fingerprint density at radius 3 is 2.00 bits per heavy atom. The lowest BCUT2D eigenvalue weighted by molar-refractivity contribution is -0.0155. The van der Waals surface area contributed by atoms with Crippen LogP contribution in [0, 0.1) is 24.0 Å². The maximum absolute atomic E-state index is 13.5. The van der Waals surface area contributed by atoms with Crippen molar-refractivity contribution in [3.05, 3.63) is 108 Å². The maximum Gasteiger partial charge on any atom is 0.515 e. The summed E-state index contributed by atoms with van der Waals surface area (Å²) < 4.78 is 37.7. The molecule has 184 valence electrons. The predicted octanol–water partition coefficient (Wildman–Crippen LogP) is 6.47. The molecule has 3 aromatic carbocycles. The second-order valence-corrected chi connectivity index (χ2v) is 8.67. The summed E-state index contributed by atoms with van der Waals surface area (Å²) in [6, 6.07) is 21.3. The summed E-state index contributed by atoms with van der Waals surface area (Å²) in [5.74, 6) is 2.44. The number of terminal acetylenes is 1. The van der Waals surface area contributed by atoms with Crippen LogP contribution in [0.5, 0.6) is 5.75 Å². The van der Waals surface area contributed by atoms with Crippen molar-refractivity contribution in [1.29, 1.82) is 0 Å². The summed E-state index contributed by atoms with van der Waals surface area (Å²) in [5, 5.41) is 0. The van der Waals surface area contributed by atoms with Crippen molar-refractivity contribution >= 4 is 11.7 Å². The SMILES string of the molecule is C#CC1(OC(=O)Oc2ccccc2)CCN(CCC=C(c2ccc(F)cc2)c2ccc(F)cc2)CC1. The Hall–Kier alpha value is -3.95. The third kappa shape index (κ3) is 6.59. The number of hydrogen-bond donors (Lipinski definition) is 0. The van der Waals surface area contributed by atoms with Crippen LogP contribution in [-0.2, 0) is 4.74 Å². The summed E-state index contributed by atoms with van der Waals surface area (Å²) >= 11 is 0. The van der Waals surface area contributed by atoms with E-state index in [9.17, 15) is 13.6 Å². The predicted molar refractivity (Wildman–Crippen MR) is 135 cm³/mol. The van der Waals surface area contributed by atoms with E-state index in [-0.39, 0.29) is 11.6 Å². The third-order valence-electron chi connectivity index (χ3n) is 6.25. The molecule has 1 heterocycles. The summed E-state index contributed by atoms with van der Waals surface area (Å²) in [6.45, 7) is 2.10. The van der Waals surface area contributed by atoms with Crippen molar-refractivity contribution < 1.29 is 23.0 Å². The monoisotopic (exact) mass is 487 g/mol. The Morgan fingerprint density at radius 2 is 1.47 bits per heavy atom. The second kappa shape index (κ2) is 11.7. The van der Waals surface area contributed by atoms with Crippen LogP contribution in [0.1, 0.15) is 30.4 Å². The number of benzene rings is 3. The molecule has 0 unspecified atom stereocenters. The molecule has 0 atom stereocenters. The number of rotatable bonds is 7. The smallest absolute Gasteiger partial charge is 0.414 e. The molecule has 1 aliphatic rings. The van der Waals surface area contributed by atoms with Crippen LogP contribution >= 0.6 is 0 Å². The summed E-state index contributed by atoms with van der Waals surface area (Å²) in [6.07, 6.45) is 8.75. The van der Waals surface area contributed by atoms with Gasteiger partial charge in [-0.3, -0.25) is 0 Å². The Bertz CT molecular complexity index is 1180. The van der Waals surface area contributed by atoms with Gasteiger partial charge in [-0.25, -0.2) is 13.6 Å². The van der Waals surface area contributed by atoms with Gasteiger partial charge in [-0.05, 0) is 59.5 Å². The van der Waals surface area contributed by atoms with Crippen LogP contribution in [0.4, 0.5) is 13.6 Å². The second-order valence-electron chi connectivity index (χ2n) is 8.67. The molecule has 1 aliphatic heterocycles. The summed E-state index contributed by atoms with van der Waals surface area (Å²) in [4.78, 5) is 14.5. The van der Waals surface area contributed by atoms with Gasteiger partial charge in [0.25, 0.3) is 0 Å². The molecule has 3 aromatic rings. The van der Waals surface area contributed by atoms with Crippen molar-refractivity contribution in [2.24, 2.45) is 0 Å². The lowest BCUT2D eigenvalue weighted by Crippen LogP contribution is -2.46. The van der Waals surface area contributed by atoms with Crippen LogP contribution < -0.4 is 4.74 Å². The highest BCUT2D eigenvalue weighted by molar-refractivity contribution is 5.79. The molecule has 36 heavy (non-hydrogen) atoms. The number of carbonyl (C=O) groups is 1. The molecule has 1 fully saturated rings. The van der Waals surface area contributed by atoms with Gasteiger partial charge in [-0.1, -0.05) is 54.5 Å². The van der Waals surface area contributed by atoms with Crippen molar-refractivity contribution in [1.82, 2.24) is 4.90 Å². The van der Waals surface area contributed by atoms with Gasteiger partial charge in [0.15, 0.2) is 5.60 Å². The van der Waals surface area contributed by atoms with Crippen molar-refractivity contribution in [2.45, 2.75) is 24.9 Å². The van der Waals surface area contributed by atoms with Gasteiger partial charge in [0.1, 0.15) is 17.4 Å². The highest BCUT2D eigenvalue weighted by atomic mass is 19.1. The fourth-order valence-electron chi connectivity index (χ4n) is 4.23. The van der Waals surface area contributed by atoms with Crippen LogP contribution in [0.25, 0.3) is 5.57 Å². The Balaban J connectivity index is 1.36. The minimum absolute atomic E-state index is 0.308. The van der Waals surface area contributed by atoms with E-state index in [1.165, 1.54) is 24.3 Å². The third-order valence-corrected chi connectivity index (χ3v) is 6.25. The quantitative estimate of drug-likeness (QED) is 0.218. The lowest BCUT2D eigenvalue weighted by Gasteiger charge is -2.37. The normalized spacial score (nSPS) is 14.9. The van der Waals surface area contributed by atoms with Gasteiger partial charge in [0, 0.05) is 32.5 Å². The number of carbonyl (C=O) groups excluding carboxylic acids is 1. The number of likely N-dealkylation sites (tertiary alicyclic amines) is 1. The first-order valence-electron chi connectivity index (χ1n) is 11.8. The van der Waals surface area contributed by atoms with Gasteiger partial charge in [0.05, 0.1) is 0 Å². The van der Waals surface area contributed by atoms with Gasteiger partial charge < -0.3 is 14.4 Å². The van der Waals surface area contributed by atoms with Crippen LogP contribution in [0.15, 0.2) is 84.9 Å². The van der Waals surface area contributed by atoms with Crippen molar-refractivity contribution in [2.75, 3.05) is 19.6 Å². The van der Waals surface area contributed by atoms with Crippen molar-refractivity contribution in [3.63, 3.8) is 0 Å². The van der Waals surface area contributed by atoms with Gasteiger partial charge in [-0.15, -0.1) is 6.42 Å². The standard InChI is InChI=1S/C30H27F2NO3/c1-2-30(36-29(34)35-27-7-4-3-5-8-27)18-21-33(22-19-30)20-6-9-28(23-10-14-25(31)15-11-23)24-12-16-26(32)17-13-24/h1,3-5,7-17H,6,18-22H2. The highest BCUT2D eigenvalue weighted by Crippen LogP contribution is 2.28. The molecular weight excluding hydrogens is 460 g/mol. The first-order chi connectivity index (χ1) is 17.5. The van der Waals surface area contributed by atoms with Crippen LogP contribution in [0.2, 0.25) is 0 Å². The van der Waals surface area contributed by atoms with Gasteiger partial charge in [-0.2, -0.15) is 0 Å². The first-order valence-corrected chi connectivity index (χ1v) is 11.8. The van der Waals surface area contributed by atoms with E-state index in [2.05, 4.69) is 16.9 Å². The van der Waals surface area contributed by atoms with E-state index in [1.807, 2.05) is 6.07 Å². The molecule has 0 N–H and O–H groups in total. The molecule has 0 spiro atoms. The fourth-order valence-corrected chi connectivity index (χ4v) is 4.23. The molecular formula is C30H27F2NO3. The molecule has 0 amide bonds. The van der Waals surface area contributed by atoms with E-state index in [4.69, 9.17) is 15.9 Å². The fraction of sp³-hybridized carbons (Fsp3) is 0.233. The topological polar surface area (TPSA) is 38.8 Å². The van der Waals surface area contributed by atoms with Gasteiger partial charge in [0.2, 0.25) is 0 Å². The van der Waals surface area contributed by atoms with E-state index in [0.29, 0.717) is 31.7 Å². The summed E-state index contributed by atoms with van der Waals surface area (Å²) in [7, 11) is 0. The molecule has 0 aromatic heterocycles. The Kier molecular flexibility index (Phi) is 8.14. The Morgan fingerprint density at radius 1 is 0.917 bits per heavy atom. The summed E-state index contributed by atoms with van der Waals surface area (Å²) in [5.41, 5.74) is 1.64. The molecule has 4 nitrogen and oxygen atoms in total.